The Morgan fingerprint density at radius 1 is 0.568 bits per heavy atom. The fourth-order valence-corrected chi connectivity index (χ4v) is 5.19. The average Bonchev–Trinajstić information content (AvgIpc) is 2.99. The number of hydrogen-bond donors (Lipinski definition) is 13. The number of carbonyl (C=O) groups is 1. The monoisotopic (exact) mass is 650 g/mol. The maximum absolute atomic E-state index is 11.9. The first-order chi connectivity index (χ1) is 20.7. The summed E-state index contributed by atoms with van der Waals surface area (Å²) in [6.45, 7) is -2.21. The molecular formula is C23H38O21. The van der Waals surface area contributed by atoms with Gasteiger partial charge in [-0.3, -0.25) is 0 Å². The van der Waals surface area contributed by atoms with Crippen molar-refractivity contribution in [3.63, 3.8) is 0 Å². The molecule has 0 unspecified atom stereocenters. The Kier molecular flexibility index (Phi) is 11.8. The molecule has 0 spiro atoms. The van der Waals surface area contributed by atoms with E-state index in [9.17, 15) is 71.2 Å². The number of rotatable bonds is 9. The molecule has 0 aromatic heterocycles. The number of aliphatic carboxylic acids is 1. The Bertz CT molecular complexity index is 940. The second-order valence-electron chi connectivity index (χ2n) is 10.7. The molecule has 0 aliphatic carbocycles. The van der Waals surface area contributed by atoms with E-state index in [1.54, 1.807) is 0 Å². The highest BCUT2D eigenvalue weighted by molar-refractivity contribution is 5.73. The van der Waals surface area contributed by atoms with Crippen molar-refractivity contribution >= 4 is 5.97 Å². The molecule has 0 bridgehead atoms. The summed E-state index contributed by atoms with van der Waals surface area (Å²) in [5.74, 6) is -1.76. The molecule has 44 heavy (non-hydrogen) atoms. The molecule has 21 nitrogen and oxygen atoms in total. The molecular weight excluding hydrogens is 612 g/mol. The van der Waals surface area contributed by atoms with E-state index in [-0.39, 0.29) is 0 Å². The Hall–Kier alpha value is -1.29. The molecule has 4 rings (SSSR count). The Labute approximate surface area is 247 Å². The first-order valence-corrected chi connectivity index (χ1v) is 13.5. The smallest absolute Gasteiger partial charge is 0.335 e. The zero-order chi connectivity index (χ0) is 32.6. The standard InChI is InChI=1S/C23H38O21/c24-1-4-7(26)10(29)13(32)22(39-4)41-6-3-38-21(12(31)9(6)28)43-16-15(34)17(20(37)42-18(16)19(35)36)44-23-14(33)11(30)8(27)5(2-25)40-23/h4-18,20-34,37H,1-3H2,(H,35,36)/t4-,5-,6+,7+,8+,9+,10+,11+,12-,13-,14-,15+,16+,17-,18+,20-,21+,22+,23+/m1/s1. The highest BCUT2D eigenvalue weighted by atomic mass is 16.8. The van der Waals surface area contributed by atoms with Gasteiger partial charge in [-0.2, -0.15) is 0 Å². The minimum absolute atomic E-state index is 0.618. The number of aliphatic hydroxyl groups excluding tert-OH is 12. The molecule has 4 heterocycles. The summed E-state index contributed by atoms with van der Waals surface area (Å²) >= 11 is 0. The summed E-state index contributed by atoms with van der Waals surface area (Å²) in [6.07, 6.45) is -35.0. The van der Waals surface area contributed by atoms with E-state index in [0.29, 0.717) is 0 Å². The fourth-order valence-electron chi connectivity index (χ4n) is 5.19. The van der Waals surface area contributed by atoms with Crippen molar-refractivity contribution in [2.24, 2.45) is 0 Å². The molecule has 256 valence electrons. The van der Waals surface area contributed by atoms with Crippen molar-refractivity contribution in [2.45, 2.75) is 117 Å². The summed E-state index contributed by atoms with van der Waals surface area (Å²) in [5, 5.41) is 131. The topological polar surface area (TPSA) is 345 Å². The van der Waals surface area contributed by atoms with Crippen LogP contribution in [0.15, 0.2) is 0 Å². The van der Waals surface area contributed by atoms with Crippen molar-refractivity contribution in [1.29, 1.82) is 0 Å². The van der Waals surface area contributed by atoms with Gasteiger partial charge in [-0.15, -0.1) is 0 Å². The maximum Gasteiger partial charge on any atom is 0.335 e. The first kappa shape index (κ1) is 35.6. The number of carboxylic acids is 1. The third-order valence-corrected chi connectivity index (χ3v) is 7.80. The van der Waals surface area contributed by atoms with Crippen LogP contribution in [-0.4, -0.2) is 209 Å². The maximum atomic E-state index is 11.9. The normalized spacial score (nSPS) is 52.0. The van der Waals surface area contributed by atoms with Gasteiger partial charge in [-0.05, 0) is 0 Å². The van der Waals surface area contributed by atoms with E-state index in [1.165, 1.54) is 0 Å². The van der Waals surface area contributed by atoms with Crippen molar-refractivity contribution in [2.75, 3.05) is 19.8 Å². The number of ether oxygens (including phenoxy) is 7. The number of carboxylic acid groups (broad SMARTS) is 1. The van der Waals surface area contributed by atoms with Crippen LogP contribution >= 0.6 is 0 Å². The minimum atomic E-state index is -2.20. The zero-order valence-electron chi connectivity index (χ0n) is 22.7. The van der Waals surface area contributed by atoms with Crippen molar-refractivity contribution < 1.29 is 104 Å². The lowest BCUT2D eigenvalue weighted by Crippen LogP contribution is -2.66. The Balaban J connectivity index is 1.43. The summed E-state index contributed by atoms with van der Waals surface area (Å²) < 4.78 is 36.9. The lowest BCUT2D eigenvalue weighted by Gasteiger charge is -2.47. The van der Waals surface area contributed by atoms with E-state index < -0.39 is 143 Å². The van der Waals surface area contributed by atoms with Gasteiger partial charge in [0, 0.05) is 0 Å². The van der Waals surface area contributed by atoms with Crippen molar-refractivity contribution in [3.05, 3.63) is 0 Å². The van der Waals surface area contributed by atoms with Crippen LogP contribution in [0, 0.1) is 0 Å². The van der Waals surface area contributed by atoms with Gasteiger partial charge in [0.1, 0.15) is 85.5 Å². The lowest BCUT2D eigenvalue weighted by molar-refractivity contribution is -0.379. The van der Waals surface area contributed by atoms with Crippen LogP contribution < -0.4 is 0 Å². The number of aliphatic hydroxyl groups is 12. The first-order valence-electron chi connectivity index (χ1n) is 13.5. The molecule has 4 aliphatic rings. The van der Waals surface area contributed by atoms with E-state index >= 15 is 0 Å². The van der Waals surface area contributed by atoms with Gasteiger partial charge >= 0.3 is 5.97 Å². The zero-order valence-corrected chi connectivity index (χ0v) is 22.7. The van der Waals surface area contributed by atoms with Crippen LogP contribution in [0.3, 0.4) is 0 Å². The van der Waals surface area contributed by atoms with Crippen molar-refractivity contribution in [3.8, 4) is 0 Å². The van der Waals surface area contributed by atoms with Gasteiger partial charge in [-0.25, -0.2) is 4.79 Å². The van der Waals surface area contributed by atoms with Gasteiger partial charge < -0.3 is 99.5 Å². The van der Waals surface area contributed by atoms with Crippen LogP contribution in [0.5, 0.6) is 0 Å². The average molecular weight is 651 g/mol. The minimum Gasteiger partial charge on any atom is -0.479 e. The van der Waals surface area contributed by atoms with E-state index in [1.807, 2.05) is 0 Å². The largest absolute Gasteiger partial charge is 0.479 e. The fraction of sp³-hybridized carbons (Fsp3) is 0.957. The van der Waals surface area contributed by atoms with E-state index in [0.717, 1.165) is 0 Å². The predicted molar refractivity (Wildman–Crippen MR) is 128 cm³/mol. The molecule has 4 fully saturated rings. The number of hydrogen-bond acceptors (Lipinski definition) is 20. The molecule has 4 saturated heterocycles. The van der Waals surface area contributed by atoms with Gasteiger partial charge in [0.2, 0.25) is 0 Å². The molecule has 13 N–H and O–H groups in total. The van der Waals surface area contributed by atoms with Gasteiger partial charge in [-0.1, -0.05) is 0 Å². The summed E-state index contributed by atoms with van der Waals surface area (Å²) in [6, 6.07) is 0. The van der Waals surface area contributed by atoms with Gasteiger partial charge in [0.15, 0.2) is 31.3 Å². The molecule has 19 atom stereocenters. The predicted octanol–water partition coefficient (Wildman–Crippen LogP) is -9.02. The molecule has 0 saturated carbocycles. The Morgan fingerprint density at radius 2 is 1.05 bits per heavy atom. The molecule has 0 aromatic carbocycles. The summed E-state index contributed by atoms with van der Waals surface area (Å²) in [5.41, 5.74) is 0. The van der Waals surface area contributed by atoms with Crippen molar-refractivity contribution in [1.82, 2.24) is 0 Å². The van der Waals surface area contributed by atoms with Crippen LogP contribution in [0.4, 0.5) is 0 Å². The molecule has 21 heteroatoms. The van der Waals surface area contributed by atoms with Crippen LogP contribution in [0.25, 0.3) is 0 Å². The van der Waals surface area contributed by atoms with Crippen LogP contribution in [-0.2, 0) is 38.0 Å². The van der Waals surface area contributed by atoms with Gasteiger partial charge in [0.05, 0.1) is 19.8 Å². The second-order valence-corrected chi connectivity index (χ2v) is 10.7. The van der Waals surface area contributed by atoms with Crippen LogP contribution in [0.2, 0.25) is 0 Å². The van der Waals surface area contributed by atoms with E-state index in [2.05, 4.69) is 0 Å². The van der Waals surface area contributed by atoms with Crippen LogP contribution in [0.1, 0.15) is 0 Å². The van der Waals surface area contributed by atoms with Gasteiger partial charge in [0.25, 0.3) is 0 Å². The molecule has 0 amide bonds. The molecule has 0 aromatic rings. The third kappa shape index (κ3) is 7.01. The summed E-state index contributed by atoms with van der Waals surface area (Å²) in [4.78, 5) is 11.9. The second kappa shape index (κ2) is 14.6. The SMILES string of the molecule is O=C(O)[C@H]1O[C@@H](O)[C@H](O[C@@H]2O[C@H](CO)[C@H](O)[C@H](O)[C@H]2O)[C@@H](O)[C@@H]1O[C@@H]1OC[C@H](O[C@@H]2O[C@H](CO)[C@H](O)[C@H](O)[C@H]2O)[C@H](O)[C@H]1O. The molecule has 0 radical (unpaired) electrons. The van der Waals surface area contributed by atoms with E-state index in [4.69, 9.17) is 33.2 Å². The Morgan fingerprint density at radius 3 is 1.55 bits per heavy atom. The molecule has 4 aliphatic heterocycles. The highest BCUT2D eigenvalue weighted by Crippen LogP contribution is 2.32. The third-order valence-electron chi connectivity index (χ3n) is 7.80. The lowest BCUT2D eigenvalue weighted by atomic mass is 9.96. The quantitative estimate of drug-likeness (QED) is 0.110. The highest BCUT2D eigenvalue weighted by Gasteiger charge is 2.55. The summed E-state index contributed by atoms with van der Waals surface area (Å²) in [7, 11) is 0.